The number of aromatic nitrogens is 2. The highest BCUT2D eigenvalue weighted by atomic mass is 16.2. The quantitative estimate of drug-likeness (QED) is 0.0912. The molecule has 0 saturated heterocycles. The minimum atomic E-state index is -0.415. The molecule has 0 bridgehead atoms. The van der Waals surface area contributed by atoms with Crippen molar-refractivity contribution in [3.05, 3.63) is 97.1 Å². The predicted octanol–water partition coefficient (Wildman–Crippen LogP) is 6.79. The smallest absolute Gasteiger partial charge is 0.242 e. The summed E-state index contributed by atoms with van der Waals surface area (Å²) in [6.45, 7) is 4.91. The summed E-state index contributed by atoms with van der Waals surface area (Å²) in [5.74, 6) is -0.103. The number of carbonyl (C=O) groups is 2. The summed E-state index contributed by atoms with van der Waals surface area (Å²) in [5, 5.41) is 16.9. The van der Waals surface area contributed by atoms with Crippen molar-refractivity contribution in [3.63, 3.8) is 0 Å². The van der Waals surface area contributed by atoms with E-state index in [0.29, 0.717) is 13.1 Å². The number of anilines is 2. The Labute approximate surface area is 262 Å². The Morgan fingerprint density at radius 2 is 0.822 bits per heavy atom. The van der Waals surface area contributed by atoms with Gasteiger partial charge < -0.3 is 21.3 Å². The van der Waals surface area contributed by atoms with Crippen LogP contribution in [0.2, 0.25) is 0 Å². The fraction of sp³-hybridized carbons (Fsp3) is 0.243. The average Bonchev–Trinajstić information content (AvgIpc) is 3.07. The summed E-state index contributed by atoms with van der Waals surface area (Å²) in [6.07, 6.45) is 2.56. The van der Waals surface area contributed by atoms with Gasteiger partial charge in [0.2, 0.25) is 11.8 Å². The fourth-order valence-electron chi connectivity index (χ4n) is 5.71. The highest BCUT2D eigenvalue weighted by Crippen LogP contribution is 2.32. The van der Waals surface area contributed by atoms with Crippen LogP contribution in [0.15, 0.2) is 97.1 Å². The Kier molecular flexibility index (Phi) is 9.01. The van der Waals surface area contributed by atoms with E-state index in [1.54, 1.807) is 0 Å². The van der Waals surface area contributed by atoms with E-state index >= 15 is 0 Å². The summed E-state index contributed by atoms with van der Waals surface area (Å²) in [6, 6.07) is 31.1. The molecule has 4 N–H and O–H groups in total. The summed E-state index contributed by atoms with van der Waals surface area (Å²) in [4.78, 5) is 35.4. The van der Waals surface area contributed by atoms with Crippen molar-refractivity contribution in [2.24, 2.45) is 0 Å². The molecule has 2 amide bonds. The van der Waals surface area contributed by atoms with Crippen molar-refractivity contribution in [2.75, 3.05) is 23.7 Å². The van der Waals surface area contributed by atoms with Gasteiger partial charge in [0, 0.05) is 34.6 Å². The number of para-hydroxylation sites is 4. The SMILES string of the molecule is C[C@H](Nc1c2ccccc2nc2ccccc12)C(=O)NCCCCCNC(=O)[C@H](C)Nc1c2ccccc2nc2ccccc12. The van der Waals surface area contributed by atoms with Crippen molar-refractivity contribution in [2.45, 2.75) is 45.2 Å². The van der Waals surface area contributed by atoms with E-state index in [1.165, 1.54) is 0 Å². The molecule has 8 heteroatoms. The van der Waals surface area contributed by atoms with Gasteiger partial charge in [-0.15, -0.1) is 0 Å². The number of rotatable bonds is 12. The van der Waals surface area contributed by atoms with Gasteiger partial charge in [0.15, 0.2) is 0 Å². The van der Waals surface area contributed by atoms with Crippen molar-refractivity contribution in [1.29, 1.82) is 0 Å². The Bertz CT molecular complexity index is 1740. The second-order valence-corrected chi connectivity index (χ2v) is 11.4. The van der Waals surface area contributed by atoms with Crippen LogP contribution >= 0.6 is 0 Å². The van der Waals surface area contributed by atoms with Crippen LogP contribution < -0.4 is 21.3 Å². The number of amides is 2. The molecule has 0 aliphatic carbocycles. The van der Waals surface area contributed by atoms with Crippen LogP contribution in [0.25, 0.3) is 43.6 Å². The van der Waals surface area contributed by atoms with Gasteiger partial charge in [-0.25, -0.2) is 9.97 Å². The van der Waals surface area contributed by atoms with Gasteiger partial charge in [-0.1, -0.05) is 72.8 Å². The number of benzene rings is 4. The van der Waals surface area contributed by atoms with Gasteiger partial charge in [0.25, 0.3) is 0 Å². The lowest BCUT2D eigenvalue weighted by Gasteiger charge is -2.19. The van der Waals surface area contributed by atoms with Crippen molar-refractivity contribution >= 4 is 66.8 Å². The highest BCUT2D eigenvalue weighted by Gasteiger charge is 2.18. The first-order chi connectivity index (χ1) is 22.0. The summed E-state index contributed by atoms with van der Waals surface area (Å²) in [7, 11) is 0. The molecule has 2 atom stereocenters. The molecular formula is C37H38N6O2. The van der Waals surface area contributed by atoms with Crippen LogP contribution in [-0.4, -0.2) is 47.0 Å². The van der Waals surface area contributed by atoms with E-state index in [9.17, 15) is 9.59 Å². The third-order valence-electron chi connectivity index (χ3n) is 8.14. The zero-order chi connectivity index (χ0) is 31.2. The standard InChI is InChI=1S/C37H38N6O2/c1-24(40-34-26-14-4-8-18-30(26)42-31-19-9-5-15-27(31)34)36(44)38-22-12-3-13-23-39-37(45)25(2)41-35-28-16-6-10-20-32(28)43-33-21-11-7-17-29(33)35/h4-11,14-21,24-25H,3,12-13,22-23H2,1-2H3,(H,38,44)(H,39,45)(H,40,42)(H,41,43)/t24-,25-/m0/s1. The number of pyridine rings is 2. The first-order valence-electron chi connectivity index (χ1n) is 15.6. The van der Waals surface area contributed by atoms with Gasteiger partial charge >= 0.3 is 0 Å². The minimum Gasteiger partial charge on any atom is -0.373 e. The lowest BCUT2D eigenvalue weighted by molar-refractivity contribution is -0.122. The van der Waals surface area contributed by atoms with E-state index in [1.807, 2.05) is 111 Å². The fourth-order valence-corrected chi connectivity index (χ4v) is 5.71. The van der Waals surface area contributed by atoms with Crippen LogP contribution in [0.1, 0.15) is 33.1 Å². The first kappa shape index (κ1) is 29.8. The molecule has 6 aromatic rings. The number of hydrogen-bond acceptors (Lipinski definition) is 6. The van der Waals surface area contributed by atoms with Gasteiger partial charge in [0.05, 0.1) is 33.4 Å². The number of nitrogens with zero attached hydrogens (tertiary/aromatic N) is 2. The molecule has 45 heavy (non-hydrogen) atoms. The highest BCUT2D eigenvalue weighted by molar-refractivity contribution is 6.09. The third-order valence-corrected chi connectivity index (χ3v) is 8.14. The van der Waals surface area contributed by atoms with Crippen molar-refractivity contribution < 1.29 is 9.59 Å². The third kappa shape index (κ3) is 6.65. The van der Waals surface area contributed by atoms with E-state index in [-0.39, 0.29) is 11.8 Å². The second kappa shape index (κ2) is 13.6. The largest absolute Gasteiger partial charge is 0.373 e. The Morgan fingerprint density at radius 1 is 0.511 bits per heavy atom. The van der Waals surface area contributed by atoms with Crippen molar-refractivity contribution in [3.8, 4) is 0 Å². The maximum atomic E-state index is 12.9. The van der Waals surface area contributed by atoms with Crippen LogP contribution in [-0.2, 0) is 9.59 Å². The molecular weight excluding hydrogens is 560 g/mol. The van der Waals surface area contributed by atoms with Crippen LogP contribution in [0, 0.1) is 0 Å². The van der Waals surface area contributed by atoms with E-state index in [0.717, 1.165) is 74.2 Å². The molecule has 2 heterocycles. The number of unbranched alkanes of at least 4 members (excludes halogenated alkanes) is 2. The Hall–Kier alpha value is -5.24. The maximum Gasteiger partial charge on any atom is 0.242 e. The molecule has 0 aliphatic heterocycles. The molecule has 4 aromatic carbocycles. The van der Waals surface area contributed by atoms with Gasteiger partial charge in [-0.2, -0.15) is 0 Å². The number of nitrogens with one attached hydrogen (secondary N) is 4. The molecule has 0 radical (unpaired) electrons. The minimum absolute atomic E-state index is 0.0515. The predicted molar refractivity (Wildman–Crippen MR) is 185 cm³/mol. The molecule has 0 spiro atoms. The zero-order valence-electron chi connectivity index (χ0n) is 25.6. The number of fused-ring (bicyclic) bond motifs is 4. The monoisotopic (exact) mass is 598 g/mol. The van der Waals surface area contributed by atoms with E-state index in [2.05, 4.69) is 21.3 Å². The van der Waals surface area contributed by atoms with Gasteiger partial charge in [-0.3, -0.25) is 9.59 Å². The van der Waals surface area contributed by atoms with Crippen molar-refractivity contribution in [1.82, 2.24) is 20.6 Å². The molecule has 228 valence electrons. The second-order valence-electron chi connectivity index (χ2n) is 11.4. The molecule has 2 aromatic heterocycles. The van der Waals surface area contributed by atoms with E-state index < -0.39 is 12.1 Å². The molecule has 8 nitrogen and oxygen atoms in total. The maximum absolute atomic E-state index is 12.9. The Morgan fingerprint density at radius 3 is 1.16 bits per heavy atom. The molecule has 0 saturated carbocycles. The number of hydrogen-bond donors (Lipinski definition) is 4. The van der Waals surface area contributed by atoms with Crippen LogP contribution in [0.3, 0.4) is 0 Å². The lowest BCUT2D eigenvalue weighted by atomic mass is 10.1. The normalized spacial score (nSPS) is 12.7. The first-order valence-corrected chi connectivity index (χ1v) is 15.6. The summed E-state index contributed by atoms with van der Waals surface area (Å²) >= 11 is 0. The summed E-state index contributed by atoms with van der Waals surface area (Å²) < 4.78 is 0. The van der Waals surface area contributed by atoms with Gasteiger partial charge in [-0.05, 0) is 57.4 Å². The van der Waals surface area contributed by atoms with E-state index in [4.69, 9.17) is 9.97 Å². The summed E-state index contributed by atoms with van der Waals surface area (Å²) in [5.41, 5.74) is 5.41. The number of carbonyl (C=O) groups excluding carboxylic acids is 2. The van der Waals surface area contributed by atoms with Gasteiger partial charge in [0.1, 0.15) is 12.1 Å². The molecule has 0 unspecified atom stereocenters. The molecule has 0 aliphatic rings. The van der Waals surface area contributed by atoms with Crippen LogP contribution in [0.5, 0.6) is 0 Å². The zero-order valence-corrected chi connectivity index (χ0v) is 25.6. The topological polar surface area (TPSA) is 108 Å². The molecule has 0 fully saturated rings. The van der Waals surface area contributed by atoms with Crippen LogP contribution in [0.4, 0.5) is 11.4 Å². The molecule has 6 rings (SSSR count). The average molecular weight is 599 g/mol. The Balaban J connectivity index is 0.952. The lowest BCUT2D eigenvalue weighted by Crippen LogP contribution is -2.38.